The summed E-state index contributed by atoms with van der Waals surface area (Å²) in [5.41, 5.74) is 7.30. The zero-order valence-corrected chi connectivity index (χ0v) is 25.4. The number of rotatable bonds is 3. The third kappa shape index (κ3) is 3.67. The fourth-order valence-corrected chi connectivity index (χ4v) is 9.45. The van der Waals surface area contributed by atoms with Crippen LogP contribution in [0.2, 0.25) is 0 Å². The van der Waals surface area contributed by atoms with E-state index in [0.717, 1.165) is 44.3 Å². The fraction of sp³-hybridized carbons (Fsp3) is 0. The lowest BCUT2D eigenvalue weighted by Gasteiger charge is -2.13. The van der Waals surface area contributed by atoms with Gasteiger partial charge in [0.2, 0.25) is 5.95 Å². The predicted octanol–water partition coefficient (Wildman–Crippen LogP) is 11.0. The lowest BCUT2D eigenvalue weighted by atomic mass is 10.0. The van der Waals surface area contributed by atoms with Gasteiger partial charge in [-0.1, -0.05) is 91.0 Å². The van der Waals surface area contributed by atoms with E-state index in [1.807, 2.05) is 41.0 Å². The molecule has 45 heavy (non-hydrogen) atoms. The molecule has 0 radical (unpaired) electrons. The number of benzene rings is 5. The summed E-state index contributed by atoms with van der Waals surface area (Å²) in [5, 5.41) is 6.05. The molecule has 0 spiro atoms. The molecule has 210 valence electrons. The van der Waals surface area contributed by atoms with Crippen LogP contribution in [0.15, 0.2) is 134 Å². The monoisotopic (exact) mass is 610 g/mol. The molecule has 0 bridgehead atoms. The Bertz CT molecular complexity index is 2760. The van der Waals surface area contributed by atoms with Gasteiger partial charge < -0.3 is 0 Å². The molecule has 0 N–H and O–H groups in total. The second-order valence-electron chi connectivity index (χ2n) is 11.3. The first-order valence-electron chi connectivity index (χ1n) is 14.9. The Morgan fingerprint density at radius 3 is 2.18 bits per heavy atom. The summed E-state index contributed by atoms with van der Waals surface area (Å²) in [5.74, 6) is 0.677. The molecule has 5 aromatic heterocycles. The lowest BCUT2D eigenvalue weighted by molar-refractivity contribution is 1.02. The average Bonchev–Trinajstić information content (AvgIpc) is 3.76. The summed E-state index contributed by atoms with van der Waals surface area (Å²) in [6.07, 6.45) is 3.70. The van der Waals surface area contributed by atoms with Gasteiger partial charge in [0.05, 0.1) is 36.3 Å². The van der Waals surface area contributed by atoms with Gasteiger partial charge in [-0.25, -0.2) is 9.97 Å². The van der Waals surface area contributed by atoms with Crippen molar-refractivity contribution >= 4 is 85.0 Å². The lowest BCUT2D eigenvalue weighted by Crippen LogP contribution is -2.03. The molecule has 0 atom stereocenters. The number of hydrogen-bond donors (Lipinski definition) is 0. The Morgan fingerprint density at radius 2 is 1.29 bits per heavy atom. The van der Waals surface area contributed by atoms with Crippen molar-refractivity contribution in [2.45, 2.75) is 0 Å². The van der Waals surface area contributed by atoms with Crippen molar-refractivity contribution < 1.29 is 0 Å². The van der Waals surface area contributed by atoms with Crippen molar-refractivity contribution in [1.29, 1.82) is 0 Å². The van der Waals surface area contributed by atoms with Gasteiger partial charge in [-0.3, -0.25) is 9.55 Å². The summed E-state index contributed by atoms with van der Waals surface area (Å²) in [4.78, 5) is 15.0. The molecule has 10 rings (SSSR count). The number of thiophene rings is 2. The van der Waals surface area contributed by atoms with Crippen LogP contribution in [0, 0.1) is 0 Å². The van der Waals surface area contributed by atoms with E-state index in [1.54, 1.807) is 6.20 Å². The fourth-order valence-electron chi connectivity index (χ4n) is 6.67. The summed E-state index contributed by atoms with van der Waals surface area (Å²) in [6.45, 7) is 0. The Hall–Kier alpha value is -5.43. The van der Waals surface area contributed by atoms with Crippen LogP contribution in [0.25, 0.3) is 90.6 Å². The van der Waals surface area contributed by atoms with Crippen LogP contribution in [0.1, 0.15) is 0 Å². The van der Waals surface area contributed by atoms with Crippen molar-refractivity contribution in [3.63, 3.8) is 0 Å². The first-order chi connectivity index (χ1) is 22.3. The van der Waals surface area contributed by atoms with Gasteiger partial charge in [-0.05, 0) is 35.9 Å². The Labute approximate surface area is 265 Å². The average molecular weight is 611 g/mol. The molecule has 0 aliphatic rings. The molecule has 5 aromatic carbocycles. The SMILES string of the molecule is c1ccc(-c2nc(-n3c4ccccc4c4ccc5c6sc7ccccc7c6sc5c43)nc3ccc(-c4cccnc4)cc23)cc1. The molecule has 10 aromatic rings. The normalized spacial score (nSPS) is 12.0. The Morgan fingerprint density at radius 1 is 0.511 bits per heavy atom. The van der Waals surface area contributed by atoms with Gasteiger partial charge in [0.25, 0.3) is 0 Å². The quantitative estimate of drug-likeness (QED) is 0.200. The van der Waals surface area contributed by atoms with E-state index < -0.39 is 0 Å². The molecule has 0 fully saturated rings. The number of fused-ring (bicyclic) bond motifs is 10. The van der Waals surface area contributed by atoms with E-state index in [9.17, 15) is 0 Å². The van der Waals surface area contributed by atoms with E-state index in [4.69, 9.17) is 9.97 Å². The van der Waals surface area contributed by atoms with Crippen molar-refractivity contribution in [3.05, 3.63) is 134 Å². The smallest absolute Gasteiger partial charge is 0.235 e. The van der Waals surface area contributed by atoms with Crippen LogP contribution in [-0.2, 0) is 0 Å². The third-order valence-corrected chi connectivity index (χ3v) is 11.3. The molecule has 0 saturated heterocycles. The maximum atomic E-state index is 5.39. The summed E-state index contributed by atoms with van der Waals surface area (Å²) in [7, 11) is 0. The molecule has 4 nitrogen and oxygen atoms in total. The predicted molar refractivity (Wildman–Crippen MR) is 191 cm³/mol. The number of pyridine rings is 1. The molecule has 0 saturated carbocycles. The topological polar surface area (TPSA) is 43.6 Å². The highest BCUT2D eigenvalue weighted by molar-refractivity contribution is 7.37. The molecule has 0 amide bonds. The van der Waals surface area contributed by atoms with Gasteiger partial charge in [0, 0.05) is 55.2 Å². The molecule has 0 aliphatic carbocycles. The summed E-state index contributed by atoms with van der Waals surface area (Å²) in [6, 6.07) is 42.9. The first-order valence-corrected chi connectivity index (χ1v) is 16.5. The molecular weight excluding hydrogens is 589 g/mol. The molecule has 0 unspecified atom stereocenters. The largest absolute Gasteiger partial charge is 0.276 e. The molecule has 5 heterocycles. The van der Waals surface area contributed by atoms with Crippen molar-refractivity contribution in [2.24, 2.45) is 0 Å². The minimum atomic E-state index is 0.677. The van der Waals surface area contributed by atoms with Crippen LogP contribution >= 0.6 is 22.7 Å². The van der Waals surface area contributed by atoms with Crippen molar-refractivity contribution in [1.82, 2.24) is 19.5 Å². The van der Waals surface area contributed by atoms with Crippen LogP contribution in [-0.4, -0.2) is 19.5 Å². The molecular formula is C39H22N4S2. The first kappa shape index (κ1) is 25.0. The molecule has 6 heteroatoms. The number of nitrogens with zero attached hydrogens (tertiary/aromatic N) is 4. The minimum Gasteiger partial charge on any atom is -0.276 e. The van der Waals surface area contributed by atoms with Crippen LogP contribution in [0.5, 0.6) is 0 Å². The summed E-state index contributed by atoms with van der Waals surface area (Å²) < 4.78 is 7.59. The van der Waals surface area contributed by atoms with Gasteiger partial charge in [0.1, 0.15) is 0 Å². The van der Waals surface area contributed by atoms with Crippen molar-refractivity contribution in [3.8, 4) is 28.3 Å². The zero-order valence-electron chi connectivity index (χ0n) is 23.8. The van der Waals surface area contributed by atoms with E-state index >= 15 is 0 Å². The second-order valence-corrected chi connectivity index (χ2v) is 13.3. The van der Waals surface area contributed by atoms with Gasteiger partial charge in [0.15, 0.2) is 0 Å². The Kier molecular flexibility index (Phi) is 5.29. The van der Waals surface area contributed by atoms with E-state index in [2.05, 4.69) is 119 Å². The van der Waals surface area contributed by atoms with Gasteiger partial charge in [-0.2, -0.15) is 0 Å². The minimum absolute atomic E-state index is 0.677. The van der Waals surface area contributed by atoms with E-state index in [0.29, 0.717) is 5.95 Å². The standard InChI is InChI=1S/C39H22N4S2/c1-2-9-23(10-3-1)34-30-21-24(25-11-8-20-40-22-25)16-19-31(30)41-39(42-34)43-32-14-6-4-12-26(32)27-17-18-29-36(35(27)43)45-37-28-13-5-7-15-33(28)44-38(29)37/h1-22H. The van der Waals surface area contributed by atoms with Crippen LogP contribution < -0.4 is 0 Å². The number of para-hydroxylation sites is 1. The zero-order chi connectivity index (χ0) is 29.5. The van der Waals surface area contributed by atoms with Crippen LogP contribution in [0.3, 0.4) is 0 Å². The molecule has 0 aliphatic heterocycles. The third-order valence-electron chi connectivity index (χ3n) is 8.71. The Balaban J connectivity index is 1.32. The van der Waals surface area contributed by atoms with Crippen LogP contribution in [0.4, 0.5) is 0 Å². The highest BCUT2D eigenvalue weighted by Gasteiger charge is 2.22. The van der Waals surface area contributed by atoms with E-state index in [1.165, 1.54) is 40.3 Å². The number of hydrogen-bond acceptors (Lipinski definition) is 5. The van der Waals surface area contributed by atoms with Gasteiger partial charge in [-0.15, -0.1) is 22.7 Å². The highest BCUT2D eigenvalue weighted by Crippen LogP contribution is 2.48. The van der Waals surface area contributed by atoms with E-state index in [-0.39, 0.29) is 0 Å². The maximum Gasteiger partial charge on any atom is 0.235 e. The summed E-state index contributed by atoms with van der Waals surface area (Å²) >= 11 is 3.76. The highest BCUT2D eigenvalue weighted by atomic mass is 32.1. The second kappa shape index (κ2) is 9.53. The van der Waals surface area contributed by atoms with Crippen molar-refractivity contribution in [2.75, 3.05) is 0 Å². The maximum absolute atomic E-state index is 5.39. The van der Waals surface area contributed by atoms with Gasteiger partial charge >= 0.3 is 0 Å². The number of aromatic nitrogens is 4.